The fourth-order valence-electron chi connectivity index (χ4n) is 4.69. The van der Waals surface area contributed by atoms with Gasteiger partial charge >= 0.3 is 0 Å². The molecule has 1 saturated carbocycles. The van der Waals surface area contributed by atoms with Crippen molar-refractivity contribution in [3.05, 3.63) is 64.7 Å². The van der Waals surface area contributed by atoms with Crippen molar-refractivity contribution in [3.8, 4) is 11.3 Å². The van der Waals surface area contributed by atoms with E-state index in [0.717, 1.165) is 17.7 Å². The quantitative estimate of drug-likeness (QED) is 0.372. The molecular formula is C25H24ClFN6O. The van der Waals surface area contributed by atoms with E-state index in [2.05, 4.69) is 28.2 Å². The molecule has 9 heteroatoms. The van der Waals surface area contributed by atoms with E-state index in [1.807, 2.05) is 17.8 Å². The number of fused-ring (bicyclic) bond motifs is 1. The maximum absolute atomic E-state index is 14.9. The van der Waals surface area contributed by atoms with E-state index >= 15 is 0 Å². The summed E-state index contributed by atoms with van der Waals surface area (Å²) in [6.45, 7) is 3.93. The van der Waals surface area contributed by atoms with Crippen LogP contribution in [0.2, 0.25) is 5.02 Å². The molecule has 0 bridgehead atoms. The van der Waals surface area contributed by atoms with Crippen LogP contribution >= 0.6 is 11.6 Å². The smallest absolute Gasteiger partial charge is 0.182 e. The Kier molecular flexibility index (Phi) is 5.30. The molecule has 0 unspecified atom stereocenters. The van der Waals surface area contributed by atoms with Gasteiger partial charge in [0.05, 0.1) is 30.1 Å². The van der Waals surface area contributed by atoms with Crippen molar-refractivity contribution in [2.75, 3.05) is 0 Å². The van der Waals surface area contributed by atoms with Crippen molar-refractivity contribution in [3.63, 3.8) is 0 Å². The molecule has 2 aliphatic rings. The van der Waals surface area contributed by atoms with Gasteiger partial charge in [0.2, 0.25) is 0 Å². The third kappa shape index (κ3) is 4.05. The molecule has 1 aliphatic carbocycles. The summed E-state index contributed by atoms with van der Waals surface area (Å²) in [7, 11) is 0. The topological polar surface area (TPSA) is 78.6 Å². The van der Waals surface area contributed by atoms with Gasteiger partial charge in [-0.05, 0) is 57.7 Å². The highest BCUT2D eigenvalue weighted by Gasteiger charge is 2.33. The Hall–Kier alpha value is -2.97. The van der Waals surface area contributed by atoms with Crippen LogP contribution < -0.4 is 0 Å². The maximum Gasteiger partial charge on any atom is 0.182 e. The Balaban J connectivity index is 1.41. The van der Waals surface area contributed by atoms with Crippen LogP contribution in [0.5, 0.6) is 0 Å². The van der Waals surface area contributed by atoms with Crippen LogP contribution in [-0.4, -0.2) is 35.8 Å². The lowest BCUT2D eigenvalue weighted by Crippen LogP contribution is -2.26. The fraction of sp³-hybridized carbons (Fsp3) is 0.400. The molecule has 1 aromatic carbocycles. The Bertz CT molecular complexity index is 1390. The second-order valence-electron chi connectivity index (χ2n) is 9.33. The van der Waals surface area contributed by atoms with Crippen molar-refractivity contribution in [2.24, 2.45) is 0 Å². The highest BCUT2D eigenvalue weighted by Crippen LogP contribution is 2.41. The van der Waals surface area contributed by atoms with Crippen molar-refractivity contribution in [1.29, 1.82) is 0 Å². The highest BCUT2D eigenvalue weighted by atomic mass is 35.5. The number of hydrogen-bond acceptors (Lipinski definition) is 6. The summed E-state index contributed by atoms with van der Waals surface area (Å²) in [6.07, 6.45) is 9.42. The SMILES string of the molecule is Cc1cnc2c(-c3ccc(Cl)cc3F)nc([C@@H]3C[C@@H](C)O[C@@H](c4cnn(C5CC5)c4)C3)nc2n1. The minimum Gasteiger partial charge on any atom is -0.370 e. The monoisotopic (exact) mass is 478 g/mol. The van der Waals surface area contributed by atoms with E-state index in [4.69, 9.17) is 26.3 Å². The second kappa shape index (κ2) is 8.36. The molecule has 4 heterocycles. The van der Waals surface area contributed by atoms with E-state index in [-0.39, 0.29) is 18.1 Å². The molecule has 34 heavy (non-hydrogen) atoms. The standard InChI is InChI=1S/C25H24ClFN6O/c1-13-10-28-23-22(19-6-3-17(26)9-20(19)27)31-24(32-25(23)30-13)15-7-14(2)34-21(8-15)16-11-29-33(12-16)18-4-5-18/h3,6,9-12,14-15,18,21H,4-5,7-8H2,1-2H3/t14-,15-,21-/m1/s1. The van der Waals surface area contributed by atoms with Gasteiger partial charge in [0.15, 0.2) is 5.65 Å². The molecular weight excluding hydrogens is 455 g/mol. The van der Waals surface area contributed by atoms with Crippen molar-refractivity contribution in [2.45, 2.75) is 63.7 Å². The van der Waals surface area contributed by atoms with Crippen LogP contribution in [0.1, 0.15) is 67.8 Å². The lowest BCUT2D eigenvalue weighted by atomic mass is 9.89. The Labute approximate surface area is 201 Å². The van der Waals surface area contributed by atoms with E-state index in [9.17, 15) is 4.39 Å². The molecule has 1 saturated heterocycles. The zero-order valence-corrected chi connectivity index (χ0v) is 19.7. The summed E-state index contributed by atoms with van der Waals surface area (Å²) in [6, 6.07) is 5.09. The maximum atomic E-state index is 14.9. The van der Waals surface area contributed by atoms with E-state index in [0.29, 0.717) is 45.7 Å². The molecule has 6 rings (SSSR count). The molecule has 7 nitrogen and oxygen atoms in total. The molecule has 174 valence electrons. The van der Waals surface area contributed by atoms with E-state index in [1.165, 1.54) is 18.9 Å². The number of benzene rings is 1. The molecule has 0 spiro atoms. The molecule has 3 atom stereocenters. The van der Waals surface area contributed by atoms with E-state index in [1.54, 1.807) is 18.3 Å². The zero-order valence-electron chi connectivity index (χ0n) is 18.9. The normalized spacial score (nSPS) is 22.9. The van der Waals surface area contributed by atoms with Gasteiger partial charge in [-0.25, -0.2) is 24.3 Å². The van der Waals surface area contributed by atoms with Crippen molar-refractivity contribution in [1.82, 2.24) is 29.7 Å². The number of rotatable bonds is 4. The summed E-state index contributed by atoms with van der Waals surface area (Å²) in [5.74, 6) is 0.205. The summed E-state index contributed by atoms with van der Waals surface area (Å²) in [4.78, 5) is 18.7. The molecule has 2 fully saturated rings. The van der Waals surface area contributed by atoms with Gasteiger partial charge in [0.25, 0.3) is 0 Å². The Morgan fingerprint density at radius 1 is 1.12 bits per heavy atom. The zero-order chi connectivity index (χ0) is 23.4. The van der Waals surface area contributed by atoms with Gasteiger partial charge in [0.1, 0.15) is 22.9 Å². The van der Waals surface area contributed by atoms with Crippen LogP contribution in [0.25, 0.3) is 22.4 Å². The second-order valence-corrected chi connectivity index (χ2v) is 9.76. The first-order chi connectivity index (χ1) is 16.4. The largest absolute Gasteiger partial charge is 0.370 e. The first kappa shape index (κ1) is 21.6. The third-order valence-electron chi connectivity index (χ3n) is 6.52. The molecule has 0 amide bonds. The average molecular weight is 479 g/mol. The minimum absolute atomic E-state index is 0.0200. The third-order valence-corrected chi connectivity index (χ3v) is 6.76. The van der Waals surface area contributed by atoms with Gasteiger partial charge in [-0.15, -0.1) is 0 Å². The number of aromatic nitrogens is 6. The number of hydrogen-bond donors (Lipinski definition) is 0. The van der Waals surface area contributed by atoms with E-state index < -0.39 is 5.82 Å². The number of ether oxygens (including phenoxy) is 1. The number of aryl methyl sites for hydroxylation is 1. The summed E-state index contributed by atoms with van der Waals surface area (Å²) in [5.41, 5.74) is 3.51. The number of halogens is 2. The van der Waals surface area contributed by atoms with Crippen LogP contribution in [0.3, 0.4) is 0 Å². The molecule has 1 aliphatic heterocycles. The fourth-order valence-corrected chi connectivity index (χ4v) is 4.85. The molecule has 0 N–H and O–H groups in total. The molecule has 3 aromatic heterocycles. The van der Waals surface area contributed by atoms with Crippen LogP contribution in [0.4, 0.5) is 4.39 Å². The van der Waals surface area contributed by atoms with Crippen LogP contribution in [-0.2, 0) is 4.74 Å². The summed E-state index contributed by atoms with van der Waals surface area (Å²) < 4.78 is 23.2. The summed E-state index contributed by atoms with van der Waals surface area (Å²) in [5, 5.41) is 4.86. The predicted octanol–water partition coefficient (Wildman–Crippen LogP) is 5.74. The van der Waals surface area contributed by atoms with Gasteiger partial charge < -0.3 is 4.74 Å². The molecule has 0 radical (unpaired) electrons. The van der Waals surface area contributed by atoms with Crippen molar-refractivity contribution >= 4 is 22.8 Å². The lowest BCUT2D eigenvalue weighted by Gasteiger charge is -2.33. The van der Waals surface area contributed by atoms with Gasteiger partial charge in [0, 0.05) is 34.5 Å². The van der Waals surface area contributed by atoms with Gasteiger partial charge in [-0.1, -0.05) is 11.6 Å². The Morgan fingerprint density at radius 3 is 2.76 bits per heavy atom. The van der Waals surface area contributed by atoms with Crippen LogP contribution in [0.15, 0.2) is 36.8 Å². The first-order valence-electron chi connectivity index (χ1n) is 11.6. The number of nitrogens with zero attached hydrogens (tertiary/aromatic N) is 6. The Morgan fingerprint density at radius 2 is 1.97 bits per heavy atom. The lowest BCUT2D eigenvalue weighted by molar-refractivity contribution is -0.0511. The average Bonchev–Trinajstić information content (AvgIpc) is 3.54. The van der Waals surface area contributed by atoms with Crippen molar-refractivity contribution < 1.29 is 9.13 Å². The van der Waals surface area contributed by atoms with Gasteiger partial charge in [-0.2, -0.15) is 5.10 Å². The molecule has 4 aromatic rings. The predicted molar refractivity (Wildman–Crippen MR) is 126 cm³/mol. The first-order valence-corrected chi connectivity index (χ1v) is 12.0. The summed E-state index contributed by atoms with van der Waals surface area (Å²) >= 11 is 5.99. The van der Waals surface area contributed by atoms with Crippen LogP contribution in [0, 0.1) is 12.7 Å². The van der Waals surface area contributed by atoms with Gasteiger partial charge in [-0.3, -0.25) is 4.68 Å². The highest BCUT2D eigenvalue weighted by molar-refractivity contribution is 6.30. The minimum atomic E-state index is -0.452.